The van der Waals surface area contributed by atoms with E-state index in [1.807, 2.05) is 35.7 Å². The highest BCUT2D eigenvalue weighted by Gasteiger charge is 2.08. The zero-order valence-corrected chi connectivity index (χ0v) is 12.1. The van der Waals surface area contributed by atoms with Crippen molar-refractivity contribution in [3.8, 4) is 0 Å². The summed E-state index contributed by atoms with van der Waals surface area (Å²) in [5, 5.41) is 3.45. The van der Waals surface area contributed by atoms with Crippen LogP contribution in [-0.2, 0) is 6.54 Å². The molecule has 0 aromatic carbocycles. The number of hydrogen-bond donors (Lipinski definition) is 1. The quantitative estimate of drug-likeness (QED) is 0.809. The van der Waals surface area contributed by atoms with Crippen LogP contribution in [-0.4, -0.2) is 20.3 Å². The van der Waals surface area contributed by atoms with E-state index in [1.54, 1.807) is 18.3 Å². The molecule has 5 nitrogen and oxygen atoms in total. The number of carbonyl (C=O) groups excluding carboxylic acids is 1. The van der Waals surface area contributed by atoms with Crippen LogP contribution in [0.3, 0.4) is 0 Å². The van der Waals surface area contributed by atoms with E-state index in [9.17, 15) is 4.79 Å². The van der Waals surface area contributed by atoms with Gasteiger partial charge in [0.2, 0.25) is 0 Å². The molecule has 3 heterocycles. The van der Waals surface area contributed by atoms with E-state index in [0.717, 1.165) is 17.0 Å². The van der Waals surface area contributed by atoms with Crippen LogP contribution < -0.4 is 5.32 Å². The molecule has 0 atom stereocenters. The first-order valence-corrected chi connectivity index (χ1v) is 6.84. The van der Waals surface area contributed by atoms with Gasteiger partial charge in [-0.1, -0.05) is 17.7 Å². The number of carbonyl (C=O) groups is 1. The third-order valence-electron chi connectivity index (χ3n) is 3.02. The second-order valence-electron chi connectivity index (χ2n) is 4.69. The Morgan fingerprint density at radius 2 is 2.10 bits per heavy atom. The van der Waals surface area contributed by atoms with E-state index in [2.05, 4.69) is 15.3 Å². The minimum Gasteiger partial charge on any atom is -0.345 e. The number of amides is 1. The van der Waals surface area contributed by atoms with Gasteiger partial charge in [-0.25, -0.2) is 9.97 Å². The molecule has 0 fully saturated rings. The standard InChI is InChI=1S/C15H13ClN4O/c1-10-3-2-4-13(18-10)15(21)17-7-12-9-20-8-11(16)5-6-14(20)19-12/h2-6,8-9H,7H2,1H3,(H,17,21). The Balaban J connectivity index is 1.72. The summed E-state index contributed by atoms with van der Waals surface area (Å²) in [6.45, 7) is 2.19. The highest BCUT2D eigenvalue weighted by molar-refractivity contribution is 6.30. The van der Waals surface area contributed by atoms with Crippen molar-refractivity contribution in [1.82, 2.24) is 19.7 Å². The van der Waals surface area contributed by atoms with Crippen LogP contribution in [0.5, 0.6) is 0 Å². The van der Waals surface area contributed by atoms with E-state index >= 15 is 0 Å². The zero-order valence-electron chi connectivity index (χ0n) is 11.4. The molecule has 0 bridgehead atoms. The van der Waals surface area contributed by atoms with Crippen LogP contribution in [0.4, 0.5) is 0 Å². The van der Waals surface area contributed by atoms with Gasteiger partial charge in [0.05, 0.1) is 17.3 Å². The van der Waals surface area contributed by atoms with Crippen molar-refractivity contribution >= 4 is 23.2 Å². The lowest BCUT2D eigenvalue weighted by molar-refractivity contribution is 0.0945. The molecular formula is C15H13ClN4O. The second-order valence-corrected chi connectivity index (χ2v) is 5.13. The average molecular weight is 301 g/mol. The Bertz CT molecular complexity index is 812. The molecule has 3 aromatic rings. The highest BCUT2D eigenvalue weighted by Crippen LogP contribution is 2.11. The molecule has 0 saturated heterocycles. The number of rotatable bonds is 3. The number of aryl methyl sites for hydroxylation is 1. The van der Waals surface area contributed by atoms with E-state index in [0.29, 0.717) is 17.3 Å². The first kappa shape index (κ1) is 13.6. The molecule has 0 unspecified atom stereocenters. The molecule has 3 aromatic heterocycles. The SMILES string of the molecule is Cc1cccc(C(=O)NCc2cn3cc(Cl)ccc3n2)n1. The smallest absolute Gasteiger partial charge is 0.270 e. The van der Waals surface area contributed by atoms with E-state index in [1.165, 1.54) is 0 Å². The van der Waals surface area contributed by atoms with Crippen molar-refractivity contribution < 1.29 is 4.79 Å². The molecule has 0 aliphatic rings. The van der Waals surface area contributed by atoms with Crippen LogP contribution in [0.1, 0.15) is 21.9 Å². The van der Waals surface area contributed by atoms with Crippen molar-refractivity contribution in [3.63, 3.8) is 0 Å². The van der Waals surface area contributed by atoms with Crippen LogP contribution in [0.2, 0.25) is 5.02 Å². The molecule has 0 saturated carbocycles. The number of nitrogens with zero attached hydrogens (tertiary/aromatic N) is 3. The zero-order chi connectivity index (χ0) is 14.8. The summed E-state index contributed by atoms with van der Waals surface area (Å²) in [6, 6.07) is 8.96. The van der Waals surface area contributed by atoms with Gasteiger partial charge in [0.15, 0.2) is 0 Å². The van der Waals surface area contributed by atoms with Gasteiger partial charge in [0.1, 0.15) is 11.3 Å². The second kappa shape index (κ2) is 5.54. The van der Waals surface area contributed by atoms with Crippen molar-refractivity contribution in [3.05, 3.63) is 64.8 Å². The lowest BCUT2D eigenvalue weighted by atomic mass is 10.3. The van der Waals surface area contributed by atoms with Gasteiger partial charge in [-0.05, 0) is 31.2 Å². The first-order valence-electron chi connectivity index (χ1n) is 6.47. The lowest BCUT2D eigenvalue weighted by Crippen LogP contribution is -2.24. The fourth-order valence-electron chi connectivity index (χ4n) is 2.03. The van der Waals surface area contributed by atoms with Gasteiger partial charge in [-0.2, -0.15) is 0 Å². The molecule has 1 N–H and O–H groups in total. The van der Waals surface area contributed by atoms with Gasteiger partial charge < -0.3 is 9.72 Å². The van der Waals surface area contributed by atoms with E-state index < -0.39 is 0 Å². The molecule has 21 heavy (non-hydrogen) atoms. The van der Waals surface area contributed by atoms with Gasteiger partial charge in [0.25, 0.3) is 5.91 Å². The number of nitrogens with one attached hydrogen (secondary N) is 1. The number of hydrogen-bond acceptors (Lipinski definition) is 3. The monoisotopic (exact) mass is 300 g/mol. The Hall–Kier alpha value is -2.40. The number of pyridine rings is 2. The predicted octanol–water partition coefficient (Wildman–Crippen LogP) is 2.62. The summed E-state index contributed by atoms with van der Waals surface area (Å²) in [6.07, 6.45) is 3.61. The van der Waals surface area contributed by atoms with Crippen LogP contribution >= 0.6 is 11.6 Å². The summed E-state index contributed by atoms with van der Waals surface area (Å²) in [5.74, 6) is -0.214. The van der Waals surface area contributed by atoms with Crippen molar-refractivity contribution in [2.24, 2.45) is 0 Å². The Morgan fingerprint density at radius 3 is 2.90 bits per heavy atom. The summed E-state index contributed by atoms with van der Waals surface area (Å²) in [4.78, 5) is 20.6. The van der Waals surface area contributed by atoms with E-state index in [4.69, 9.17) is 11.6 Å². The maximum atomic E-state index is 12.0. The van der Waals surface area contributed by atoms with Gasteiger partial charge in [0, 0.05) is 18.1 Å². The summed E-state index contributed by atoms with van der Waals surface area (Å²) in [5.41, 5.74) is 2.77. The topological polar surface area (TPSA) is 59.3 Å². The normalized spacial score (nSPS) is 10.8. The molecule has 0 aliphatic heterocycles. The Labute approximate surface area is 126 Å². The maximum Gasteiger partial charge on any atom is 0.270 e. The fourth-order valence-corrected chi connectivity index (χ4v) is 2.20. The number of imidazole rings is 1. The molecule has 6 heteroatoms. The molecule has 0 spiro atoms. The molecule has 106 valence electrons. The largest absolute Gasteiger partial charge is 0.345 e. The molecule has 0 radical (unpaired) electrons. The third-order valence-corrected chi connectivity index (χ3v) is 3.24. The molecule has 1 amide bonds. The number of fused-ring (bicyclic) bond motifs is 1. The summed E-state index contributed by atoms with van der Waals surface area (Å²) >= 11 is 5.92. The highest BCUT2D eigenvalue weighted by atomic mass is 35.5. The van der Waals surface area contributed by atoms with Crippen molar-refractivity contribution in [1.29, 1.82) is 0 Å². The van der Waals surface area contributed by atoms with Gasteiger partial charge in [-0.15, -0.1) is 0 Å². The van der Waals surface area contributed by atoms with Gasteiger partial charge >= 0.3 is 0 Å². The third kappa shape index (κ3) is 3.03. The Morgan fingerprint density at radius 1 is 1.24 bits per heavy atom. The first-order chi connectivity index (χ1) is 10.1. The lowest BCUT2D eigenvalue weighted by Gasteiger charge is -2.03. The minimum atomic E-state index is -0.214. The summed E-state index contributed by atoms with van der Waals surface area (Å²) < 4.78 is 1.83. The molecular weight excluding hydrogens is 288 g/mol. The van der Waals surface area contributed by atoms with Gasteiger partial charge in [-0.3, -0.25) is 4.79 Å². The molecule has 3 rings (SSSR count). The minimum absolute atomic E-state index is 0.214. The maximum absolute atomic E-state index is 12.0. The van der Waals surface area contributed by atoms with Crippen molar-refractivity contribution in [2.75, 3.05) is 0 Å². The number of halogens is 1. The average Bonchev–Trinajstić information content (AvgIpc) is 2.86. The molecule has 0 aliphatic carbocycles. The van der Waals surface area contributed by atoms with Crippen molar-refractivity contribution in [2.45, 2.75) is 13.5 Å². The predicted molar refractivity (Wildman–Crippen MR) is 80.3 cm³/mol. The van der Waals surface area contributed by atoms with E-state index in [-0.39, 0.29) is 5.91 Å². The van der Waals surface area contributed by atoms with Crippen LogP contribution in [0.25, 0.3) is 5.65 Å². The van der Waals surface area contributed by atoms with Crippen LogP contribution in [0.15, 0.2) is 42.7 Å². The Kier molecular flexibility index (Phi) is 3.58. The fraction of sp³-hybridized carbons (Fsp3) is 0.133. The summed E-state index contributed by atoms with van der Waals surface area (Å²) in [7, 11) is 0. The number of aromatic nitrogens is 3. The van der Waals surface area contributed by atoms with Crippen LogP contribution in [0, 0.1) is 6.92 Å².